The van der Waals surface area contributed by atoms with E-state index >= 15 is 0 Å². The summed E-state index contributed by atoms with van der Waals surface area (Å²) in [5, 5.41) is 9.28. The molecular weight excluding hydrogens is 424 g/mol. The van der Waals surface area contributed by atoms with E-state index in [-0.39, 0.29) is 5.91 Å². The molecule has 32 heavy (non-hydrogen) atoms. The van der Waals surface area contributed by atoms with Crippen LogP contribution in [-0.4, -0.2) is 64.3 Å². The second kappa shape index (κ2) is 10.3. The highest BCUT2D eigenvalue weighted by molar-refractivity contribution is 7.99. The summed E-state index contributed by atoms with van der Waals surface area (Å²) in [6.45, 7) is 10.2. The summed E-state index contributed by atoms with van der Waals surface area (Å²) >= 11 is 1.66. The van der Waals surface area contributed by atoms with E-state index in [2.05, 4.69) is 28.3 Å². The average Bonchev–Trinajstić information content (AvgIpc) is 3.20. The van der Waals surface area contributed by atoms with Gasteiger partial charge in [0.25, 0.3) is 5.91 Å². The van der Waals surface area contributed by atoms with Gasteiger partial charge in [-0.05, 0) is 32.4 Å². The van der Waals surface area contributed by atoms with Crippen molar-refractivity contribution in [3.05, 3.63) is 41.1 Å². The fourth-order valence-electron chi connectivity index (χ4n) is 3.84. The van der Waals surface area contributed by atoms with Crippen LogP contribution < -0.4 is 10.2 Å². The predicted molar refractivity (Wildman–Crippen MR) is 128 cm³/mol. The van der Waals surface area contributed by atoms with Crippen LogP contribution in [0.2, 0.25) is 0 Å². The van der Waals surface area contributed by atoms with E-state index in [9.17, 15) is 4.79 Å². The SMILES string of the molecule is CCCSc1nc(N2CCOCC2)c2cnn(CCNC(=O)c3cc(C)cc(C)c3)c2n1. The molecule has 1 aromatic carbocycles. The Morgan fingerprint density at radius 3 is 2.62 bits per heavy atom. The lowest BCUT2D eigenvalue weighted by Crippen LogP contribution is -2.37. The van der Waals surface area contributed by atoms with Gasteiger partial charge in [-0.15, -0.1) is 0 Å². The van der Waals surface area contributed by atoms with Crippen LogP contribution in [0.15, 0.2) is 29.6 Å². The van der Waals surface area contributed by atoms with Gasteiger partial charge in [0.05, 0.1) is 31.3 Å². The van der Waals surface area contributed by atoms with Gasteiger partial charge in [-0.25, -0.2) is 14.6 Å². The number of fused-ring (bicyclic) bond motifs is 1. The summed E-state index contributed by atoms with van der Waals surface area (Å²) in [5.41, 5.74) is 3.65. The average molecular weight is 455 g/mol. The molecule has 0 spiro atoms. The van der Waals surface area contributed by atoms with Gasteiger partial charge in [0.2, 0.25) is 0 Å². The van der Waals surface area contributed by atoms with Gasteiger partial charge in [-0.3, -0.25) is 4.79 Å². The molecule has 1 amide bonds. The van der Waals surface area contributed by atoms with Crippen molar-refractivity contribution in [2.75, 3.05) is 43.5 Å². The summed E-state index contributed by atoms with van der Waals surface area (Å²) in [4.78, 5) is 24.5. The van der Waals surface area contributed by atoms with Crippen LogP contribution in [0.1, 0.15) is 34.8 Å². The van der Waals surface area contributed by atoms with E-state index in [1.165, 1.54) is 0 Å². The maximum absolute atomic E-state index is 12.6. The molecule has 0 atom stereocenters. The van der Waals surface area contributed by atoms with Crippen LogP contribution in [0.25, 0.3) is 11.0 Å². The van der Waals surface area contributed by atoms with Crippen LogP contribution in [0.5, 0.6) is 0 Å². The van der Waals surface area contributed by atoms with Crippen LogP contribution >= 0.6 is 11.8 Å². The zero-order valence-electron chi connectivity index (χ0n) is 18.9. The Hall–Kier alpha value is -2.65. The van der Waals surface area contributed by atoms with Crippen LogP contribution in [0, 0.1) is 13.8 Å². The van der Waals surface area contributed by atoms with Crippen molar-refractivity contribution in [1.29, 1.82) is 0 Å². The first-order valence-corrected chi connectivity index (χ1v) is 12.1. The molecule has 1 fully saturated rings. The lowest BCUT2D eigenvalue weighted by atomic mass is 10.1. The number of morpholine rings is 1. The summed E-state index contributed by atoms with van der Waals surface area (Å²) in [6.07, 6.45) is 2.89. The lowest BCUT2D eigenvalue weighted by molar-refractivity contribution is 0.0952. The topological polar surface area (TPSA) is 85.2 Å². The van der Waals surface area contributed by atoms with Crippen molar-refractivity contribution in [2.45, 2.75) is 38.9 Å². The number of nitrogens with zero attached hydrogens (tertiary/aromatic N) is 5. The zero-order chi connectivity index (χ0) is 22.5. The summed E-state index contributed by atoms with van der Waals surface area (Å²) in [5.74, 6) is 1.81. The van der Waals surface area contributed by atoms with Crippen molar-refractivity contribution in [3.63, 3.8) is 0 Å². The number of carbonyl (C=O) groups excluding carboxylic acids is 1. The number of anilines is 1. The number of ether oxygens (including phenoxy) is 1. The minimum atomic E-state index is -0.0731. The van der Waals surface area contributed by atoms with Crippen LogP contribution in [0.4, 0.5) is 5.82 Å². The van der Waals surface area contributed by atoms with E-state index in [4.69, 9.17) is 14.7 Å². The molecule has 1 aliphatic rings. The Morgan fingerprint density at radius 2 is 1.91 bits per heavy atom. The van der Waals surface area contributed by atoms with Gasteiger partial charge in [0.1, 0.15) is 5.82 Å². The standard InChI is InChI=1S/C23H30N6O2S/c1-4-11-32-23-26-20(28-7-9-31-10-8-28)19-15-25-29(21(19)27-23)6-5-24-22(30)18-13-16(2)12-17(3)14-18/h12-15H,4-11H2,1-3H3,(H,24,30). The molecule has 0 radical (unpaired) electrons. The van der Waals surface area contributed by atoms with E-state index < -0.39 is 0 Å². The third kappa shape index (κ3) is 5.21. The van der Waals surface area contributed by atoms with Crippen molar-refractivity contribution in [2.24, 2.45) is 0 Å². The number of amides is 1. The highest BCUT2D eigenvalue weighted by Crippen LogP contribution is 2.28. The van der Waals surface area contributed by atoms with E-state index in [1.54, 1.807) is 11.8 Å². The van der Waals surface area contributed by atoms with Crippen molar-refractivity contribution >= 4 is 34.5 Å². The quantitative estimate of drug-likeness (QED) is 0.413. The number of benzene rings is 1. The second-order valence-electron chi connectivity index (χ2n) is 8.01. The van der Waals surface area contributed by atoms with Gasteiger partial charge in [-0.1, -0.05) is 35.9 Å². The molecule has 3 aromatic rings. The molecule has 9 heteroatoms. The first-order chi connectivity index (χ1) is 15.5. The molecule has 8 nitrogen and oxygen atoms in total. The molecule has 0 bridgehead atoms. The van der Waals surface area contributed by atoms with E-state index in [0.717, 1.165) is 58.4 Å². The Morgan fingerprint density at radius 1 is 1.16 bits per heavy atom. The fourth-order valence-corrected chi connectivity index (χ4v) is 4.53. The molecule has 1 N–H and O–H groups in total. The van der Waals surface area contributed by atoms with Gasteiger partial charge < -0.3 is 15.0 Å². The normalized spacial score (nSPS) is 14.2. The molecule has 4 rings (SSSR count). The number of hydrogen-bond acceptors (Lipinski definition) is 7. The summed E-state index contributed by atoms with van der Waals surface area (Å²) < 4.78 is 7.37. The minimum Gasteiger partial charge on any atom is -0.378 e. The number of aryl methyl sites for hydroxylation is 2. The number of rotatable bonds is 8. The van der Waals surface area contributed by atoms with Crippen LogP contribution in [-0.2, 0) is 11.3 Å². The van der Waals surface area contributed by atoms with Gasteiger partial charge in [0, 0.05) is 31.0 Å². The minimum absolute atomic E-state index is 0.0731. The van der Waals surface area contributed by atoms with Gasteiger partial charge >= 0.3 is 0 Å². The first kappa shape index (κ1) is 22.5. The van der Waals surface area contributed by atoms with E-state index in [1.807, 2.05) is 36.9 Å². The number of nitrogens with one attached hydrogen (secondary N) is 1. The van der Waals surface area contributed by atoms with Crippen LogP contribution in [0.3, 0.4) is 0 Å². The maximum Gasteiger partial charge on any atom is 0.251 e. The number of thioether (sulfide) groups is 1. The van der Waals surface area contributed by atoms with Crippen molar-refractivity contribution in [3.8, 4) is 0 Å². The third-order valence-corrected chi connectivity index (χ3v) is 6.35. The largest absolute Gasteiger partial charge is 0.378 e. The Kier molecular flexibility index (Phi) is 7.26. The van der Waals surface area contributed by atoms with Gasteiger partial charge in [0.15, 0.2) is 10.8 Å². The molecule has 0 aliphatic carbocycles. The van der Waals surface area contributed by atoms with Gasteiger partial charge in [-0.2, -0.15) is 5.10 Å². The summed E-state index contributed by atoms with van der Waals surface area (Å²) in [7, 11) is 0. The molecule has 2 aromatic heterocycles. The molecule has 1 aliphatic heterocycles. The van der Waals surface area contributed by atoms with Crippen molar-refractivity contribution < 1.29 is 9.53 Å². The molecule has 3 heterocycles. The second-order valence-corrected chi connectivity index (χ2v) is 9.08. The highest BCUT2D eigenvalue weighted by Gasteiger charge is 2.20. The monoisotopic (exact) mass is 454 g/mol. The number of aromatic nitrogens is 4. The van der Waals surface area contributed by atoms with E-state index in [0.29, 0.717) is 31.9 Å². The maximum atomic E-state index is 12.6. The predicted octanol–water partition coefficient (Wildman–Crippen LogP) is 3.21. The zero-order valence-corrected chi connectivity index (χ0v) is 19.7. The van der Waals surface area contributed by atoms with Crippen molar-refractivity contribution in [1.82, 2.24) is 25.1 Å². The molecule has 0 unspecified atom stereocenters. The first-order valence-electron chi connectivity index (χ1n) is 11.1. The number of hydrogen-bond donors (Lipinski definition) is 1. The Balaban J connectivity index is 1.52. The third-order valence-electron chi connectivity index (χ3n) is 5.29. The number of carbonyl (C=O) groups is 1. The molecular formula is C23H30N6O2S. The molecule has 0 saturated carbocycles. The Labute approximate surface area is 192 Å². The highest BCUT2D eigenvalue weighted by atomic mass is 32.2. The lowest BCUT2D eigenvalue weighted by Gasteiger charge is -2.28. The molecule has 1 saturated heterocycles. The fraction of sp³-hybridized carbons (Fsp3) is 0.478. The summed E-state index contributed by atoms with van der Waals surface area (Å²) in [6, 6.07) is 5.88. The molecule has 170 valence electrons. The smallest absolute Gasteiger partial charge is 0.251 e. The Bertz CT molecular complexity index is 1070.